The smallest absolute Gasteiger partial charge is 0.00965 e. The summed E-state index contributed by atoms with van der Waals surface area (Å²) < 4.78 is 0. The Bertz CT molecular complexity index is 131. The van der Waals surface area contributed by atoms with Crippen molar-refractivity contribution in [2.45, 2.75) is 52.1 Å². The van der Waals surface area contributed by atoms with Crippen LogP contribution in [0.2, 0.25) is 0 Å². The van der Waals surface area contributed by atoms with Crippen LogP contribution in [-0.4, -0.2) is 18.6 Å². The Labute approximate surface area is 75.9 Å². The fourth-order valence-corrected chi connectivity index (χ4v) is 1.48. The van der Waals surface area contributed by atoms with E-state index in [0.717, 1.165) is 6.54 Å². The van der Waals surface area contributed by atoms with Crippen molar-refractivity contribution in [3.8, 4) is 0 Å². The molecule has 0 radical (unpaired) electrons. The molecule has 1 aliphatic rings. The van der Waals surface area contributed by atoms with Crippen LogP contribution in [-0.2, 0) is 0 Å². The molecule has 2 heteroatoms. The summed E-state index contributed by atoms with van der Waals surface area (Å²) in [5.41, 5.74) is 6.14. The van der Waals surface area contributed by atoms with Crippen molar-refractivity contribution in [3.05, 3.63) is 0 Å². The van der Waals surface area contributed by atoms with Gasteiger partial charge in [0.1, 0.15) is 0 Å². The third-order valence-corrected chi connectivity index (χ3v) is 2.48. The van der Waals surface area contributed by atoms with Crippen molar-refractivity contribution in [2.24, 2.45) is 11.1 Å². The molecule has 0 amide bonds. The Kier molecular flexibility index (Phi) is 3.13. The molecule has 0 aromatic carbocycles. The summed E-state index contributed by atoms with van der Waals surface area (Å²) in [5, 5.41) is 3.53. The van der Waals surface area contributed by atoms with Gasteiger partial charge >= 0.3 is 0 Å². The Hall–Kier alpha value is -0.0800. The van der Waals surface area contributed by atoms with E-state index in [1.54, 1.807) is 0 Å². The van der Waals surface area contributed by atoms with Crippen LogP contribution in [0.5, 0.6) is 0 Å². The topological polar surface area (TPSA) is 38.0 Å². The van der Waals surface area contributed by atoms with Gasteiger partial charge in [-0.15, -0.1) is 0 Å². The molecule has 1 fully saturated rings. The predicted molar refractivity (Wildman–Crippen MR) is 53.1 cm³/mol. The molecule has 1 aliphatic carbocycles. The van der Waals surface area contributed by atoms with E-state index in [2.05, 4.69) is 26.1 Å². The van der Waals surface area contributed by atoms with Gasteiger partial charge in [-0.3, -0.25) is 0 Å². The Morgan fingerprint density at radius 3 is 2.33 bits per heavy atom. The van der Waals surface area contributed by atoms with Crippen LogP contribution in [0.1, 0.15) is 40.0 Å². The maximum absolute atomic E-state index is 5.69. The van der Waals surface area contributed by atoms with E-state index in [-0.39, 0.29) is 0 Å². The van der Waals surface area contributed by atoms with Gasteiger partial charge in [-0.25, -0.2) is 0 Å². The molecule has 2 nitrogen and oxygen atoms in total. The first-order valence-electron chi connectivity index (χ1n) is 4.96. The highest BCUT2D eigenvalue weighted by Gasteiger charge is 2.25. The summed E-state index contributed by atoms with van der Waals surface area (Å²) in [6.45, 7) is 7.98. The number of nitrogens with two attached hydrogens (primary N) is 1. The van der Waals surface area contributed by atoms with E-state index in [1.165, 1.54) is 19.3 Å². The minimum absolute atomic E-state index is 0.457. The van der Waals surface area contributed by atoms with Crippen molar-refractivity contribution in [2.75, 3.05) is 6.54 Å². The fourth-order valence-electron chi connectivity index (χ4n) is 1.48. The van der Waals surface area contributed by atoms with Gasteiger partial charge in [0.05, 0.1) is 0 Å². The maximum Gasteiger partial charge on any atom is 0.00965 e. The van der Waals surface area contributed by atoms with Gasteiger partial charge in [0.15, 0.2) is 0 Å². The lowest BCUT2D eigenvalue weighted by Gasteiger charge is -2.34. The van der Waals surface area contributed by atoms with E-state index in [4.69, 9.17) is 5.73 Å². The van der Waals surface area contributed by atoms with Crippen LogP contribution in [0.25, 0.3) is 0 Å². The van der Waals surface area contributed by atoms with Crippen molar-refractivity contribution in [1.29, 1.82) is 0 Å². The summed E-state index contributed by atoms with van der Waals surface area (Å²) in [7, 11) is 0. The van der Waals surface area contributed by atoms with Crippen LogP contribution in [0.4, 0.5) is 0 Å². The molecule has 72 valence electrons. The van der Waals surface area contributed by atoms with E-state index >= 15 is 0 Å². The highest BCUT2D eigenvalue weighted by Crippen LogP contribution is 2.20. The minimum atomic E-state index is 0.457. The third kappa shape index (κ3) is 3.55. The zero-order valence-electron chi connectivity index (χ0n) is 8.56. The molecule has 0 aromatic rings. The van der Waals surface area contributed by atoms with Crippen LogP contribution < -0.4 is 11.1 Å². The van der Waals surface area contributed by atoms with Gasteiger partial charge in [0.2, 0.25) is 0 Å². The number of hydrogen-bond donors (Lipinski definition) is 2. The van der Waals surface area contributed by atoms with E-state index in [1.807, 2.05) is 0 Å². The molecular formula is C10H22N2. The summed E-state index contributed by atoms with van der Waals surface area (Å²) in [6, 6.07) is 1.18. The molecule has 3 N–H and O–H groups in total. The summed E-state index contributed by atoms with van der Waals surface area (Å²) in [6.07, 6.45) is 3.59. The summed E-state index contributed by atoms with van der Waals surface area (Å²) >= 11 is 0. The van der Waals surface area contributed by atoms with E-state index in [9.17, 15) is 0 Å². The molecule has 1 saturated carbocycles. The number of nitrogens with one attached hydrogen (secondary N) is 1. The molecule has 0 unspecified atom stereocenters. The Balaban J connectivity index is 1.97. The molecule has 0 aromatic heterocycles. The number of hydrogen-bond acceptors (Lipinski definition) is 2. The van der Waals surface area contributed by atoms with E-state index < -0.39 is 0 Å². The Morgan fingerprint density at radius 2 is 1.92 bits per heavy atom. The van der Waals surface area contributed by atoms with Crippen LogP contribution in [0.3, 0.4) is 0 Å². The highest BCUT2D eigenvalue weighted by molar-refractivity contribution is 4.87. The summed E-state index contributed by atoms with van der Waals surface area (Å²) in [4.78, 5) is 0. The lowest BCUT2D eigenvalue weighted by molar-refractivity contribution is 0.272. The molecule has 0 heterocycles. The largest absolute Gasteiger partial charge is 0.328 e. The quantitative estimate of drug-likeness (QED) is 0.673. The first-order valence-corrected chi connectivity index (χ1v) is 4.96. The lowest BCUT2D eigenvalue weighted by atomic mass is 9.86. The van der Waals surface area contributed by atoms with Gasteiger partial charge in [0.25, 0.3) is 0 Å². The van der Waals surface area contributed by atoms with E-state index in [0.29, 0.717) is 17.5 Å². The van der Waals surface area contributed by atoms with Gasteiger partial charge in [0, 0.05) is 12.1 Å². The van der Waals surface area contributed by atoms with Gasteiger partial charge in [-0.05, 0) is 31.2 Å². The predicted octanol–water partition coefficient (Wildman–Crippen LogP) is 1.50. The van der Waals surface area contributed by atoms with Crippen molar-refractivity contribution < 1.29 is 0 Å². The molecule has 0 saturated heterocycles. The second-order valence-corrected chi connectivity index (χ2v) is 5.19. The zero-order valence-corrected chi connectivity index (χ0v) is 8.56. The minimum Gasteiger partial charge on any atom is -0.328 e. The SMILES string of the molecule is CC(C)(C)CCNC1CC(N)C1. The second kappa shape index (κ2) is 3.75. The van der Waals surface area contributed by atoms with Crippen molar-refractivity contribution >= 4 is 0 Å². The lowest BCUT2D eigenvalue weighted by Crippen LogP contribution is -2.48. The van der Waals surface area contributed by atoms with Crippen molar-refractivity contribution in [3.63, 3.8) is 0 Å². The van der Waals surface area contributed by atoms with Gasteiger partial charge in [-0.1, -0.05) is 20.8 Å². The average Bonchev–Trinajstić information content (AvgIpc) is 1.81. The standard InChI is InChI=1S/C10H22N2/c1-10(2,3)4-5-12-9-6-8(11)7-9/h8-9,12H,4-7,11H2,1-3H3. The summed E-state index contributed by atoms with van der Waals surface area (Å²) in [5.74, 6) is 0. The maximum atomic E-state index is 5.69. The van der Waals surface area contributed by atoms with Gasteiger partial charge in [-0.2, -0.15) is 0 Å². The Morgan fingerprint density at radius 1 is 1.33 bits per heavy atom. The molecule has 0 aliphatic heterocycles. The number of rotatable bonds is 3. The fraction of sp³-hybridized carbons (Fsp3) is 1.00. The molecule has 1 rings (SSSR count). The average molecular weight is 170 g/mol. The molecule has 12 heavy (non-hydrogen) atoms. The van der Waals surface area contributed by atoms with Crippen LogP contribution in [0, 0.1) is 5.41 Å². The normalized spacial score (nSPS) is 30.0. The monoisotopic (exact) mass is 170 g/mol. The molecular weight excluding hydrogens is 148 g/mol. The second-order valence-electron chi connectivity index (χ2n) is 5.19. The van der Waals surface area contributed by atoms with Crippen molar-refractivity contribution in [1.82, 2.24) is 5.32 Å². The first-order chi connectivity index (χ1) is 5.47. The van der Waals surface area contributed by atoms with Gasteiger partial charge < -0.3 is 11.1 Å². The molecule has 0 atom stereocenters. The molecule has 0 spiro atoms. The van der Waals surface area contributed by atoms with Crippen LogP contribution in [0.15, 0.2) is 0 Å². The highest BCUT2D eigenvalue weighted by atomic mass is 14.9. The zero-order chi connectivity index (χ0) is 9.19. The third-order valence-electron chi connectivity index (χ3n) is 2.48. The first kappa shape index (κ1) is 10.0. The van der Waals surface area contributed by atoms with Crippen LogP contribution >= 0.6 is 0 Å². The molecule has 0 bridgehead atoms.